The molecule has 1 N–H and O–H groups in total. The molecule has 0 spiro atoms. The Morgan fingerprint density at radius 3 is 2.92 bits per heavy atom. The number of aromatic nitrogens is 4. The summed E-state index contributed by atoms with van der Waals surface area (Å²) in [5.74, 6) is 2.08. The van der Waals surface area contributed by atoms with Gasteiger partial charge in [-0.3, -0.25) is 4.98 Å². The molecule has 5 heteroatoms. The maximum Gasteiger partial charge on any atom is 0.174 e. The fourth-order valence-corrected chi connectivity index (χ4v) is 3.70. The van der Waals surface area contributed by atoms with E-state index in [2.05, 4.69) is 44.6 Å². The van der Waals surface area contributed by atoms with Crippen LogP contribution in [0.5, 0.6) is 0 Å². The highest BCUT2D eigenvalue weighted by Gasteiger charge is 2.19. The van der Waals surface area contributed by atoms with Crippen LogP contribution in [-0.2, 0) is 6.42 Å². The third-order valence-corrected chi connectivity index (χ3v) is 4.87. The summed E-state index contributed by atoms with van der Waals surface area (Å²) in [6.07, 6.45) is 7.19. The molecule has 1 atom stereocenters. The first-order valence-corrected chi connectivity index (χ1v) is 8.88. The average molecular weight is 333 g/mol. The summed E-state index contributed by atoms with van der Waals surface area (Å²) in [7, 11) is 0. The van der Waals surface area contributed by atoms with Gasteiger partial charge in [-0.25, -0.2) is 9.67 Å². The largest absolute Gasteiger partial charge is 0.368 e. The maximum atomic E-state index is 4.68. The zero-order valence-corrected chi connectivity index (χ0v) is 14.7. The molecule has 0 bridgehead atoms. The van der Waals surface area contributed by atoms with Gasteiger partial charge in [0.1, 0.15) is 5.82 Å². The molecular formula is C20H23N5. The second-order valence-electron chi connectivity index (χ2n) is 6.77. The Kier molecular flexibility index (Phi) is 4.22. The van der Waals surface area contributed by atoms with Crippen LogP contribution in [0.4, 0.5) is 5.82 Å². The fourth-order valence-electron chi connectivity index (χ4n) is 3.70. The van der Waals surface area contributed by atoms with E-state index in [1.54, 1.807) is 12.4 Å². The second-order valence-corrected chi connectivity index (χ2v) is 6.77. The minimum atomic E-state index is 0.532. The van der Waals surface area contributed by atoms with Crippen LogP contribution < -0.4 is 5.32 Å². The first-order chi connectivity index (χ1) is 12.2. The first-order valence-electron chi connectivity index (χ1n) is 8.88. The van der Waals surface area contributed by atoms with Crippen LogP contribution in [0.1, 0.15) is 41.3 Å². The number of benzene rings is 1. The van der Waals surface area contributed by atoms with E-state index in [0.717, 1.165) is 29.6 Å². The summed E-state index contributed by atoms with van der Waals surface area (Å²) < 4.78 is 1.84. The van der Waals surface area contributed by atoms with Gasteiger partial charge < -0.3 is 5.32 Å². The van der Waals surface area contributed by atoms with Crippen molar-refractivity contribution in [2.24, 2.45) is 0 Å². The van der Waals surface area contributed by atoms with Crippen molar-refractivity contribution in [1.82, 2.24) is 19.7 Å². The molecule has 0 aliphatic heterocycles. The van der Waals surface area contributed by atoms with Gasteiger partial charge in [0, 0.05) is 18.2 Å². The Hall–Kier alpha value is -2.69. The molecule has 4 rings (SSSR count). The quantitative estimate of drug-likeness (QED) is 0.789. The molecule has 1 aliphatic rings. The van der Waals surface area contributed by atoms with E-state index >= 15 is 0 Å². The number of aryl methyl sites for hydroxylation is 3. The highest BCUT2D eigenvalue weighted by atomic mass is 15.3. The molecule has 0 fully saturated rings. The maximum absolute atomic E-state index is 4.68. The molecule has 2 heterocycles. The molecule has 2 aromatic heterocycles. The molecule has 0 radical (unpaired) electrons. The van der Waals surface area contributed by atoms with Crippen LogP contribution in [0.3, 0.4) is 0 Å². The van der Waals surface area contributed by atoms with Gasteiger partial charge in [0.2, 0.25) is 0 Å². The summed E-state index contributed by atoms with van der Waals surface area (Å²) >= 11 is 0. The Labute approximate surface area is 148 Å². The van der Waals surface area contributed by atoms with Crippen LogP contribution in [-0.4, -0.2) is 26.3 Å². The van der Waals surface area contributed by atoms with E-state index in [4.69, 9.17) is 0 Å². The molecule has 1 aromatic carbocycles. The van der Waals surface area contributed by atoms with E-state index in [0.29, 0.717) is 5.92 Å². The number of anilines is 1. The Morgan fingerprint density at radius 1 is 1.20 bits per heavy atom. The third-order valence-electron chi connectivity index (χ3n) is 4.87. The van der Waals surface area contributed by atoms with Gasteiger partial charge in [-0.05, 0) is 50.3 Å². The number of hydrogen-bond acceptors (Lipinski definition) is 4. The summed E-state index contributed by atoms with van der Waals surface area (Å²) in [5, 5.41) is 7.96. The third kappa shape index (κ3) is 3.27. The normalized spacial score (nSPS) is 16.5. The molecule has 3 aromatic rings. The van der Waals surface area contributed by atoms with Crippen LogP contribution in [0.25, 0.3) is 5.82 Å². The molecule has 25 heavy (non-hydrogen) atoms. The van der Waals surface area contributed by atoms with E-state index < -0.39 is 0 Å². The Balaban J connectivity index is 1.51. The predicted octanol–water partition coefficient (Wildman–Crippen LogP) is 3.81. The lowest BCUT2D eigenvalue weighted by Crippen LogP contribution is -2.19. The van der Waals surface area contributed by atoms with Crippen molar-refractivity contribution in [3.05, 3.63) is 65.2 Å². The summed E-state index contributed by atoms with van der Waals surface area (Å²) in [6, 6.07) is 10.8. The first kappa shape index (κ1) is 15.8. The van der Waals surface area contributed by atoms with Crippen molar-refractivity contribution in [2.75, 3.05) is 11.9 Å². The number of hydrogen-bond donors (Lipinski definition) is 1. The predicted molar refractivity (Wildman–Crippen MR) is 99.2 cm³/mol. The zero-order valence-electron chi connectivity index (χ0n) is 14.7. The van der Waals surface area contributed by atoms with E-state index in [-0.39, 0.29) is 0 Å². The van der Waals surface area contributed by atoms with E-state index in [1.807, 2.05) is 24.6 Å². The number of fused-ring (bicyclic) bond motifs is 1. The standard InChI is InChI=1S/C20H23N5/c1-14-10-15(2)25(24-14)20-13-21-12-19(23-20)22-11-17-8-5-7-16-6-3-4-9-18(16)17/h3-4,6,9-10,12-13,17H,5,7-8,11H2,1-2H3,(H,22,23)/t17-/m1/s1. The molecule has 0 saturated carbocycles. The molecule has 128 valence electrons. The zero-order chi connectivity index (χ0) is 17.2. The Bertz CT molecular complexity index is 883. The lowest BCUT2D eigenvalue weighted by molar-refractivity contribution is 0.571. The second kappa shape index (κ2) is 6.67. The SMILES string of the molecule is Cc1cc(C)n(-c2cncc(NC[C@H]3CCCc4ccccc43)n2)n1. The Morgan fingerprint density at radius 2 is 2.08 bits per heavy atom. The lowest BCUT2D eigenvalue weighted by Gasteiger charge is -2.25. The van der Waals surface area contributed by atoms with Crippen LogP contribution in [0, 0.1) is 13.8 Å². The minimum Gasteiger partial charge on any atom is -0.368 e. The van der Waals surface area contributed by atoms with Crippen molar-refractivity contribution < 1.29 is 0 Å². The van der Waals surface area contributed by atoms with E-state index in [1.165, 1.54) is 30.4 Å². The highest BCUT2D eigenvalue weighted by molar-refractivity contribution is 5.39. The molecule has 0 unspecified atom stereocenters. The van der Waals surface area contributed by atoms with Crippen molar-refractivity contribution in [1.29, 1.82) is 0 Å². The van der Waals surface area contributed by atoms with Gasteiger partial charge in [0.05, 0.1) is 18.1 Å². The van der Waals surface area contributed by atoms with Gasteiger partial charge >= 0.3 is 0 Å². The van der Waals surface area contributed by atoms with Crippen molar-refractivity contribution in [3.63, 3.8) is 0 Å². The molecule has 0 amide bonds. The van der Waals surface area contributed by atoms with Gasteiger partial charge in [0.25, 0.3) is 0 Å². The molecule has 0 saturated heterocycles. The minimum absolute atomic E-state index is 0.532. The smallest absolute Gasteiger partial charge is 0.174 e. The average Bonchev–Trinajstić information content (AvgIpc) is 2.98. The topological polar surface area (TPSA) is 55.6 Å². The van der Waals surface area contributed by atoms with Crippen LogP contribution in [0.2, 0.25) is 0 Å². The molecule has 1 aliphatic carbocycles. The van der Waals surface area contributed by atoms with Crippen LogP contribution in [0.15, 0.2) is 42.7 Å². The summed E-state index contributed by atoms with van der Waals surface area (Å²) in [6.45, 7) is 4.90. The van der Waals surface area contributed by atoms with Crippen LogP contribution >= 0.6 is 0 Å². The van der Waals surface area contributed by atoms with Gasteiger partial charge in [0.15, 0.2) is 5.82 Å². The van der Waals surface area contributed by atoms with Gasteiger partial charge in [-0.2, -0.15) is 5.10 Å². The van der Waals surface area contributed by atoms with Crippen molar-refractivity contribution in [2.45, 2.75) is 39.0 Å². The highest BCUT2D eigenvalue weighted by Crippen LogP contribution is 2.31. The molecule has 5 nitrogen and oxygen atoms in total. The fraction of sp³-hybridized carbons (Fsp3) is 0.350. The number of nitrogens with zero attached hydrogens (tertiary/aromatic N) is 4. The van der Waals surface area contributed by atoms with E-state index in [9.17, 15) is 0 Å². The monoisotopic (exact) mass is 333 g/mol. The number of nitrogens with one attached hydrogen (secondary N) is 1. The summed E-state index contributed by atoms with van der Waals surface area (Å²) in [5.41, 5.74) is 5.01. The van der Waals surface area contributed by atoms with Crippen molar-refractivity contribution in [3.8, 4) is 5.82 Å². The van der Waals surface area contributed by atoms with Crippen molar-refractivity contribution >= 4 is 5.82 Å². The summed E-state index contributed by atoms with van der Waals surface area (Å²) in [4.78, 5) is 9.02. The number of rotatable bonds is 4. The van der Waals surface area contributed by atoms with Gasteiger partial charge in [-0.1, -0.05) is 24.3 Å². The van der Waals surface area contributed by atoms with Gasteiger partial charge in [-0.15, -0.1) is 0 Å². The lowest BCUT2D eigenvalue weighted by atomic mass is 9.83. The molecular weight excluding hydrogens is 310 g/mol.